The highest BCUT2D eigenvalue weighted by Gasteiger charge is 2.06. The molecule has 0 bridgehead atoms. The molecule has 0 aromatic heterocycles. The topological polar surface area (TPSA) is 33.0 Å². The molecule has 0 unspecified atom stereocenters. The van der Waals surface area contributed by atoms with Gasteiger partial charge in [0.15, 0.2) is 0 Å². The molecule has 0 radical (unpaired) electrons. The van der Waals surface area contributed by atoms with Gasteiger partial charge in [-0.05, 0) is 30.2 Å². The first kappa shape index (κ1) is 8.83. The fourth-order valence-corrected chi connectivity index (χ4v) is 1.48. The summed E-state index contributed by atoms with van der Waals surface area (Å²) >= 11 is 0. The first-order valence-corrected chi connectivity index (χ1v) is 4.72. The first-order valence-electron chi connectivity index (χ1n) is 4.72. The molecule has 0 aliphatic carbocycles. The summed E-state index contributed by atoms with van der Waals surface area (Å²) in [4.78, 5) is 0. The zero-order valence-electron chi connectivity index (χ0n) is 7.86. The fourth-order valence-electron chi connectivity index (χ4n) is 1.48. The van der Waals surface area contributed by atoms with E-state index in [1.807, 2.05) is 30.3 Å². The molecule has 1 fully saturated rings. The van der Waals surface area contributed by atoms with E-state index in [4.69, 9.17) is 10.00 Å². The smallest absolute Gasteiger partial charge is 0.0991 e. The van der Waals surface area contributed by atoms with E-state index in [9.17, 15) is 0 Å². The maximum atomic E-state index is 8.62. The second-order valence-corrected chi connectivity index (χ2v) is 3.30. The van der Waals surface area contributed by atoms with Gasteiger partial charge in [0.2, 0.25) is 0 Å². The van der Waals surface area contributed by atoms with Crippen LogP contribution in [0.15, 0.2) is 30.0 Å². The molecule has 14 heavy (non-hydrogen) atoms. The summed E-state index contributed by atoms with van der Waals surface area (Å²) in [6.07, 6.45) is 4.18. The summed E-state index contributed by atoms with van der Waals surface area (Å²) in [7, 11) is 0. The van der Waals surface area contributed by atoms with Crippen molar-refractivity contribution in [3.8, 4) is 6.07 Å². The van der Waals surface area contributed by atoms with Crippen molar-refractivity contribution >= 4 is 6.08 Å². The quantitative estimate of drug-likeness (QED) is 0.674. The van der Waals surface area contributed by atoms with Crippen molar-refractivity contribution in [3.63, 3.8) is 0 Å². The van der Waals surface area contributed by atoms with Crippen molar-refractivity contribution in [1.82, 2.24) is 0 Å². The lowest BCUT2D eigenvalue weighted by atomic mass is 10.1. The minimum absolute atomic E-state index is 0.694. The Balaban J connectivity index is 2.17. The Kier molecular flexibility index (Phi) is 2.51. The zero-order valence-corrected chi connectivity index (χ0v) is 7.86. The Morgan fingerprint density at radius 2 is 2.07 bits per heavy atom. The molecule has 1 aromatic carbocycles. The maximum absolute atomic E-state index is 8.62. The minimum Gasteiger partial charge on any atom is -0.498 e. The molecule has 2 heteroatoms. The van der Waals surface area contributed by atoms with Gasteiger partial charge in [0.25, 0.3) is 0 Å². The van der Waals surface area contributed by atoms with E-state index < -0.39 is 0 Å². The van der Waals surface area contributed by atoms with Gasteiger partial charge in [-0.3, -0.25) is 0 Å². The number of nitrogens with zero attached hydrogens (tertiary/aromatic N) is 1. The maximum Gasteiger partial charge on any atom is 0.0991 e. The van der Waals surface area contributed by atoms with E-state index in [0.29, 0.717) is 5.56 Å². The number of benzene rings is 1. The van der Waals surface area contributed by atoms with E-state index in [1.165, 1.54) is 0 Å². The number of nitriles is 1. The molecule has 0 saturated carbocycles. The Labute approximate surface area is 83.4 Å². The highest BCUT2D eigenvalue weighted by molar-refractivity contribution is 5.53. The second-order valence-electron chi connectivity index (χ2n) is 3.30. The predicted octanol–water partition coefficient (Wildman–Crippen LogP) is 2.71. The van der Waals surface area contributed by atoms with E-state index in [-0.39, 0.29) is 0 Å². The van der Waals surface area contributed by atoms with Crippen LogP contribution in [0, 0.1) is 11.3 Å². The lowest BCUT2D eigenvalue weighted by Crippen LogP contribution is -1.80. The van der Waals surface area contributed by atoms with E-state index in [2.05, 4.69) is 6.07 Å². The number of ether oxygens (including phenoxy) is 1. The Morgan fingerprint density at radius 1 is 1.29 bits per heavy atom. The van der Waals surface area contributed by atoms with Crippen LogP contribution in [0.5, 0.6) is 0 Å². The Hall–Kier alpha value is -1.75. The Morgan fingerprint density at radius 3 is 2.64 bits per heavy atom. The van der Waals surface area contributed by atoms with Crippen LogP contribution in [-0.2, 0) is 4.74 Å². The summed E-state index contributed by atoms with van der Waals surface area (Å²) < 4.78 is 5.41. The third kappa shape index (κ3) is 1.94. The van der Waals surface area contributed by atoms with Crippen molar-refractivity contribution < 1.29 is 4.74 Å². The zero-order chi connectivity index (χ0) is 9.80. The van der Waals surface area contributed by atoms with E-state index >= 15 is 0 Å². The van der Waals surface area contributed by atoms with Crippen molar-refractivity contribution in [1.29, 1.82) is 5.26 Å². The molecule has 2 nitrogen and oxygen atoms in total. The van der Waals surface area contributed by atoms with Crippen LogP contribution in [0.2, 0.25) is 0 Å². The van der Waals surface area contributed by atoms with Gasteiger partial charge in [0, 0.05) is 6.42 Å². The predicted molar refractivity (Wildman–Crippen MR) is 54.3 cm³/mol. The monoisotopic (exact) mass is 185 g/mol. The molecule has 0 spiro atoms. The largest absolute Gasteiger partial charge is 0.498 e. The summed E-state index contributed by atoms with van der Waals surface area (Å²) in [5, 5.41) is 8.62. The normalized spacial score (nSPS) is 17.8. The molecule has 1 heterocycles. The Bertz CT molecular complexity index is 376. The average Bonchev–Trinajstić information content (AvgIpc) is 2.72. The van der Waals surface area contributed by atoms with Crippen LogP contribution in [0.3, 0.4) is 0 Å². The van der Waals surface area contributed by atoms with Crippen LogP contribution in [0.1, 0.15) is 24.0 Å². The van der Waals surface area contributed by atoms with Gasteiger partial charge in [0.05, 0.1) is 24.0 Å². The standard InChI is InChI=1S/C12H11NO/c13-9-11-5-3-10(4-6-11)8-12-2-1-7-14-12/h3-6,8H,1-2,7H2/b12-8+. The molecule has 1 aliphatic heterocycles. The summed E-state index contributed by atoms with van der Waals surface area (Å²) in [5.41, 5.74) is 1.79. The number of rotatable bonds is 1. The fraction of sp³-hybridized carbons (Fsp3) is 0.250. The number of hydrogen-bond donors (Lipinski definition) is 0. The van der Waals surface area contributed by atoms with Crippen molar-refractivity contribution in [2.45, 2.75) is 12.8 Å². The van der Waals surface area contributed by atoms with Crippen molar-refractivity contribution in [2.24, 2.45) is 0 Å². The molecule has 1 saturated heterocycles. The lowest BCUT2D eigenvalue weighted by molar-refractivity contribution is 0.266. The van der Waals surface area contributed by atoms with Gasteiger partial charge in [-0.15, -0.1) is 0 Å². The van der Waals surface area contributed by atoms with Crippen molar-refractivity contribution in [2.75, 3.05) is 6.61 Å². The third-order valence-electron chi connectivity index (χ3n) is 2.22. The van der Waals surface area contributed by atoms with Gasteiger partial charge in [-0.1, -0.05) is 12.1 Å². The van der Waals surface area contributed by atoms with Crippen LogP contribution in [0.4, 0.5) is 0 Å². The molecule has 0 amide bonds. The molecule has 1 aliphatic rings. The number of allylic oxidation sites excluding steroid dienone is 1. The SMILES string of the molecule is N#Cc1ccc(/C=C2\CCCO2)cc1. The van der Waals surface area contributed by atoms with Crippen LogP contribution >= 0.6 is 0 Å². The highest BCUT2D eigenvalue weighted by Crippen LogP contribution is 2.19. The molecular weight excluding hydrogens is 174 g/mol. The highest BCUT2D eigenvalue weighted by atomic mass is 16.5. The first-order chi connectivity index (χ1) is 6.88. The summed E-state index contributed by atoms with van der Waals surface area (Å²) in [5.74, 6) is 1.05. The van der Waals surface area contributed by atoms with Gasteiger partial charge in [0.1, 0.15) is 0 Å². The molecule has 0 N–H and O–H groups in total. The lowest BCUT2D eigenvalue weighted by Gasteiger charge is -1.98. The molecular formula is C12H11NO. The summed E-state index contributed by atoms with van der Waals surface area (Å²) in [6.45, 7) is 0.835. The van der Waals surface area contributed by atoms with Gasteiger partial charge in [-0.2, -0.15) is 5.26 Å². The molecule has 0 atom stereocenters. The van der Waals surface area contributed by atoms with Crippen LogP contribution in [0.25, 0.3) is 6.08 Å². The summed E-state index contributed by atoms with van der Waals surface area (Å²) in [6, 6.07) is 9.61. The average molecular weight is 185 g/mol. The van der Waals surface area contributed by atoms with E-state index in [1.54, 1.807) is 0 Å². The second kappa shape index (κ2) is 3.97. The van der Waals surface area contributed by atoms with Crippen LogP contribution in [-0.4, -0.2) is 6.61 Å². The van der Waals surface area contributed by atoms with Crippen LogP contribution < -0.4 is 0 Å². The minimum atomic E-state index is 0.694. The van der Waals surface area contributed by atoms with Gasteiger partial charge in [-0.25, -0.2) is 0 Å². The molecule has 70 valence electrons. The van der Waals surface area contributed by atoms with Gasteiger partial charge >= 0.3 is 0 Å². The van der Waals surface area contributed by atoms with Gasteiger partial charge < -0.3 is 4.74 Å². The number of hydrogen-bond acceptors (Lipinski definition) is 2. The molecule has 1 aromatic rings. The van der Waals surface area contributed by atoms with Crippen molar-refractivity contribution in [3.05, 3.63) is 41.2 Å². The third-order valence-corrected chi connectivity index (χ3v) is 2.22. The van der Waals surface area contributed by atoms with E-state index in [0.717, 1.165) is 30.8 Å². The molecule has 2 rings (SSSR count).